The van der Waals surface area contributed by atoms with Crippen molar-refractivity contribution in [3.63, 3.8) is 0 Å². The van der Waals surface area contributed by atoms with Crippen LogP contribution in [0.25, 0.3) is 11.1 Å². The minimum atomic E-state index is -1.21. The molecule has 3 rings (SSSR count). The van der Waals surface area contributed by atoms with E-state index >= 15 is 0 Å². The van der Waals surface area contributed by atoms with Gasteiger partial charge in [-0.3, -0.25) is 9.59 Å². The van der Waals surface area contributed by atoms with Gasteiger partial charge in [-0.05, 0) is 35.9 Å². The third-order valence-electron chi connectivity index (χ3n) is 4.39. The molecule has 1 heterocycles. The summed E-state index contributed by atoms with van der Waals surface area (Å²) in [5.74, 6) is -1.76. The van der Waals surface area contributed by atoms with Crippen molar-refractivity contribution < 1.29 is 33.8 Å². The van der Waals surface area contributed by atoms with Crippen LogP contribution in [0.3, 0.4) is 0 Å². The van der Waals surface area contributed by atoms with Crippen molar-refractivity contribution in [2.45, 2.75) is 0 Å². The smallest absolute Gasteiger partial charge is 0.432 e. The zero-order valence-corrected chi connectivity index (χ0v) is 18.5. The van der Waals surface area contributed by atoms with E-state index in [-0.39, 0.29) is 11.3 Å². The summed E-state index contributed by atoms with van der Waals surface area (Å²) in [6, 6.07) is 11.0. The molecule has 2 amide bonds. The summed E-state index contributed by atoms with van der Waals surface area (Å²) in [6.45, 7) is -0.843. The van der Waals surface area contributed by atoms with Crippen LogP contribution < -0.4 is 10.6 Å². The zero-order chi connectivity index (χ0) is 24.7. The predicted octanol–water partition coefficient (Wildman–Crippen LogP) is 3.11. The molecule has 0 saturated heterocycles. The number of methoxy groups -OCH3 is 1. The van der Waals surface area contributed by atoms with E-state index in [9.17, 15) is 19.2 Å². The lowest BCUT2D eigenvalue weighted by Crippen LogP contribution is -2.24. The van der Waals surface area contributed by atoms with Gasteiger partial charge in [0.15, 0.2) is 0 Å². The average molecular weight is 487 g/mol. The lowest BCUT2D eigenvalue weighted by atomic mass is 10.1. The van der Waals surface area contributed by atoms with Crippen LogP contribution in [-0.2, 0) is 19.1 Å². The predicted molar refractivity (Wildman–Crippen MR) is 122 cm³/mol. The van der Waals surface area contributed by atoms with Gasteiger partial charge in [0.2, 0.25) is 11.8 Å². The standard InChI is InChI=1S/C22H19ClN4O7/c1-33-21(30)17-8-15(23)5-6-18(17)26-20(29)12-34-11-19(28)25-16-4-2-3-13(7-16)14-9-24-27(10-14)22(31)32/h2-10H,11-12H2,1H3,(H,25,28)(H,26,29)(H,31,32). The number of halogens is 1. The largest absolute Gasteiger partial charge is 0.465 e. The number of benzene rings is 2. The third kappa shape index (κ3) is 6.40. The van der Waals surface area contributed by atoms with E-state index in [1.807, 2.05) is 0 Å². The van der Waals surface area contributed by atoms with E-state index in [1.165, 1.54) is 37.7 Å². The van der Waals surface area contributed by atoms with Gasteiger partial charge in [-0.25, -0.2) is 9.59 Å². The number of ether oxygens (including phenoxy) is 2. The number of anilines is 2. The quantitative estimate of drug-likeness (QED) is 0.411. The summed E-state index contributed by atoms with van der Waals surface area (Å²) in [5.41, 5.74) is 1.92. The van der Waals surface area contributed by atoms with Gasteiger partial charge >= 0.3 is 12.1 Å². The van der Waals surface area contributed by atoms with Crippen molar-refractivity contribution in [3.05, 3.63) is 65.4 Å². The van der Waals surface area contributed by atoms with E-state index < -0.39 is 37.1 Å². The highest BCUT2D eigenvalue weighted by Gasteiger charge is 2.15. The number of hydrogen-bond acceptors (Lipinski definition) is 7. The van der Waals surface area contributed by atoms with Crippen LogP contribution in [0.4, 0.5) is 16.2 Å². The lowest BCUT2D eigenvalue weighted by Gasteiger charge is -2.11. The molecule has 0 radical (unpaired) electrons. The van der Waals surface area contributed by atoms with Gasteiger partial charge in [0.1, 0.15) is 13.2 Å². The fraction of sp³-hybridized carbons (Fsp3) is 0.136. The lowest BCUT2D eigenvalue weighted by molar-refractivity contribution is -0.125. The molecule has 12 heteroatoms. The maximum atomic E-state index is 12.2. The second kappa shape index (κ2) is 11.1. The van der Waals surface area contributed by atoms with Crippen molar-refractivity contribution in [2.24, 2.45) is 0 Å². The fourth-order valence-corrected chi connectivity index (χ4v) is 3.05. The molecule has 1 aromatic heterocycles. The van der Waals surface area contributed by atoms with Crippen molar-refractivity contribution in [2.75, 3.05) is 31.0 Å². The minimum Gasteiger partial charge on any atom is -0.465 e. The average Bonchev–Trinajstić information content (AvgIpc) is 3.31. The van der Waals surface area contributed by atoms with E-state index in [1.54, 1.807) is 24.3 Å². The monoisotopic (exact) mass is 486 g/mol. The normalized spacial score (nSPS) is 10.4. The van der Waals surface area contributed by atoms with Gasteiger partial charge in [0, 0.05) is 22.5 Å². The number of rotatable bonds is 8. The number of esters is 1. The van der Waals surface area contributed by atoms with Crippen LogP contribution in [0.15, 0.2) is 54.9 Å². The first kappa shape index (κ1) is 24.4. The number of carboxylic acid groups (broad SMARTS) is 1. The SMILES string of the molecule is COC(=O)c1cc(Cl)ccc1NC(=O)COCC(=O)Nc1cccc(-c2cnn(C(=O)O)c2)c1. The topological polar surface area (TPSA) is 149 Å². The minimum absolute atomic E-state index is 0.0786. The Hall–Kier alpha value is -4.22. The number of aromatic nitrogens is 2. The molecule has 0 atom stereocenters. The van der Waals surface area contributed by atoms with Crippen LogP contribution in [-0.4, -0.2) is 59.1 Å². The fourth-order valence-electron chi connectivity index (χ4n) is 2.88. The molecule has 3 N–H and O–H groups in total. The summed E-state index contributed by atoms with van der Waals surface area (Å²) in [4.78, 5) is 47.1. The van der Waals surface area contributed by atoms with E-state index in [0.717, 1.165) is 4.68 Å². The molecule has 0 unspecified atom stereocenters. The van der Waals surface area contributed by atoms with Crippen molar-refractivity contribution in [3.8, 4) is 11.1 Å². The number of carbonyl (C=O) groups is 4. The Bertz CT molecular complexity index is 1240. The summed E-state index contributed by atoms with van der Waals surface area (Å²) in [7, 11) is 1.20. The van der Waals surface area contributed by atoms with Gasteiger partial charge < -0.3 is 25.2 Å². The number of nitrogens with zero attached hydrogens (tertiary/aromatic N) is 2. The molecule has 0 spiro atoms. The summed E-state index contributed by atoms with van der Waals surface area (Å²) >= 11 is 5.88. The van der Waals surface area contributed by atoms with Crippen LogP contribution >= 0.6 is 11.6 Å². The van der Waals surface area contributed by atoms with Crippen LogP contribution in [0, 0.1) is 0 Å². The Morgan fingerprint density at radius 1 is 1.03 bits per heavy atom. The molecule has 0 bridgehead atoms. The van der Waals surface area contributed by atoms with Crippen molar-refractivity contribution >= 4 is 46.9 Å². The highest BCUT2D eigenvalue weighted by atomic mass is 35.5. The zero-order valence-electron chi connectivity index (χ0n) is 17.8. The molecule has 2 aromatic carbocycles. The maximum absolute atomic E-state index is 12.2. The second-order valence-electron chi connectivity index (χ2n) is 6.81. The molecule has 0 fully saturated rings. The van der Waals surface area contributed by atoms with Crippen LogP contribution in [0.5, 0.6) is 0 Å². The number of nitrogens with one attached hydrogen (secondary N) is 2. The third-order valence-corrected chi connectivity index (χ3v) is 4.62. The maximum Gasteiger partial charge on any atom is 0.432 e. The molecule has 0 aliphatic heterocycles. The van der Waals surface area contributed by atoms with Crippen molar-refractivity contribution in [1.29, 1.82) is 0 Å². The number of hydrogen-bond donors (Lipinski definition) is 3. The molecular formula is C22H19ClN4O7. The highest BCUT2D eigenvalue weighted by molar-refractivity contribution is 6.31. The molecule has 176 valence electrons. The first-order valence-electron chi connectivity index (χ1n) is 9.70. The van der Waals surface area contributed by atoms with Gasteiger partial charge in [-0.2, -0.15) is 9.78 Å². The molecule has 0 aliphatic carbocycles. The van der Waals surface area contributed by atoms with Crippen molar-refractivity contribution in [1.82, 2.24) is 9.78 Å². The Morgan fingerprint density at radius 3 is 2.44 bits per heavy atom. The van der Waals surface area contributed by atoms with Crippen LogP contribution in [0.2, 0.25) is 5.02 Å². The number of amides is 2. The molecule has 0 aliphatic rings. The Labute approximate surface area is 198 Å². The Balaban J connectivity index is 1.52. The Kier molecular flexibility index (Phi) is 7.96. The second-order valence-corrected chi connectivity index (χ2v) is 7.24. The van der Waals surface area contributed by atoms with E-state index in [4.69, 9.17) is 21.4 Å². The highest BCUT2D eigenvalue weighted by Crippen LogP contribution is 2.23. The van der Waals surface area contributed by atoms with E-state index in [2.05, 4.69) is 20.5 Å². The summed E-state index contributed by atoms with van der Waals surface area (Å²) in [5, 5.41) is 18.1. The summed E-state index contributed by atoms with van der Waals surface area (Å²) < 4.78 is 10.6. The van der Waals surface area contributed by atoms with Gasteiger partial charge in [-0.15, -0.1) is 0 Å². The molecule has 34 heavy (non-hydrogen) atoms. The van der Waals surface area contributed by atoms with E-state index in [0.29, 0.717) is 21.8 Å². The summed E-state index contributed by atoms with van der Waals surface area (Å²) in [6.07, 6.45) is 1.52. The first-order valence-corrected chi connectivity index (χ1v) is 10.1. The van der Waals surface area contributed by atoms with Gasteiger partial charge in [-0.1, -0.05) is 23.7 Å². The molecule has 11 nitrogen and oxygen atoms in total. The van der Waals surface area contributed by atoms with Gasteiger partial charge in [0.05, 0.1) is 24.6 Å². The number of carbonyl (C=O) groups excluding carboxylic acids is 3. The van der Waals surface area contributed by atoms with Crippen LogP contribution in [0.1, 0.15) is 10.4 Å². The first-order chi connectivity index (χ1) is 16.3. The molecular weight excluding hydrogens is 468 g/mol. The molecule has 3 aromatic rings. The molecule has 0 saturated carbocycles. The Morgan fingerprint density at radius 2 is 1.76 bits per heavy atom. The van der Waals surface area contributed by atoms with Gasteiger partial charge in [0.25, 0.3) is 0 Å².